The molecule has 0 N–H and O–H groups in total. The Bertz CT molecular complexity index is 737. The van der Waals surface area contributed by atoms with Crippen LogP contribution in [0.4, 0.5) is 0 Å². The van der Waals surface area contributed by atoms with Crippen LogP contribution >= 0.6 is 11.3 Å². The van der Waals surface area contributed by atoms with Crippen molar-refractivity contribution in [1.82, 2.24) is 4.98 Å². The van der Waals surface area contributed by atoms with Crippen molar-refractivity contribution in [2.24, 2.45) is 0 Å². The lowest BCUT2D eigenvalue weighted by Gasteiger charge is -2.03. The van der Waals surface area contributed by atoms with Gasteiger partial charge in [0, 0.05) is 22.7 Å². The Morgan fingerprint density at radius 1 is 1.11 bits per heavy atom. The number of nitriles is 1. The predicted molar refractivity (Wildman–Crippen MR) is 74.4 cm³/mol. The first-order valence-corrected chi connectivity index (χ1v) is 6.53. The fraction of sp³-hybridized carbons (Fsp3) is 0.0667. The Morgan fingerprint density at radius 3 is 2.94 bits per heavy atom. The number of pyridine rings is 1. The molecule has 0 aliphatic heterocycles. The van der Waals surface area contributed by atoms with Gasteiger partial charge in [0.2, 0.25) is 0 Å². The van der Waals surface area contributed by atoms with Crippen molar-refractivity contribution in [3.05, 3.63) is 53.7 Å². The minimum absolute atomic E-state index is 0.405. The van der Waals surface area contributed by atoms with Crippen LogP contribution in [0.2, 0.25) is 0 Å². The van der Waals surface area contributed by atoms with E-state index in [1.165, 1.54) is 10.1 Å². The lowest BCUT2D eigenvalue weighted by molar-refractivity contribution is 1.19. The third kappa shape index (κ3) is 1.99. The standard InChI is InChI=1S/C15H10N2S/c16-5-3-11-7-14(10-17-9-11)13-2-1-12-4-6-18-15(12)8-13/h1-2,4,6-10H,3H2. The van der Waals surface area contributed by atoms with Crippen molar-refractivity contribution in [3.8, 4) is 17.2 Å². The van der Waals surface area contributed by atoms with Crippen molar-refractivity contribution < 1.29 is 0 Å². The first-order valence-electron chi connectivity index (χ1n) is 5.65. The Labute approximate surface area is 109 Å². The molecule has 3 rings (SSSR count). The summed E-state index contributed by atoms with van der Waals surface area (Å²) in [5.74, 6) is 0. The van der Waals surface area contributed by atoms with Gasteiger partial charge in [0.1, 0.15) is 0 Å². The maximum Gasteiger partial charge on any atom is 0.0670 e. The van der Waals surface area contributed by atoms with E-state index in [4.69, 9.17) is 5.26 Å². The second kappa shape index (κ2) is 4.59. The van der Waals surface area contributed by atoms with Crippen LogP contribution in [0.15, 0.2) is 48.1 Å². The molecule has 0 spiro atoms. The Hall–Kier alpha value is -2.18. The van der Waals surface area contributed by atoms with Gasteiger partial charge in [0.05, 0.1) is 12.5 Å². The Morgan fingerprint density at radius 2 is 2.06 bits per heavy atom. The summed E-state index contributed by atoms with van der Waals surface area (Å²) in [6.45, 7) is 0. The largest absolute Gasteiger partial charge is 0.264 e. The van der Waals surface area contributed by atoms with E-state index in [-0.39, 0.29) is 0 Å². The second-order valence-corrected chi connectivity index (χ2v) is 5.04. The summed E-state index contributed by atoms with van der Waals surface area (Å²) in [6, 6.07) is 12.7. The number of fused-ring (bicyclic) bond motifs is 1. The van der Waals surface area contributed by atoms with Crippen molar-refractivity contribution in [2.45, 2.75) is 6.42 Å². The Balaban J connectivity index is 2.08. The number of thiophene rings is 1. The van der Waals surface area contributed by atoms with Crippen molar-refractivity contribution in [3.63, 3.8) is 0 Å². The molecule has 18 heavy (non-hydrogen) atoms. The highest BCUT2D eigenvalue weighted by Gasteiger charge is 2.02. The summed E-state index contributed by atoms with van der Waals surface area (Å²) in [6.07, 6.45) is 3.99. The van der Waals surface area contributed by atoms with Gasteiger partial charge in [-0.25, -0.2) is 0 Å². The maximum atomic E-state index is 8.72. The monoisotopic (exact) mass is 250 g/mol. The van der Waals surface area contributed by atoms with Crippen LogP contribution in [0.5, 0.6) is 0 Å². The molecule has 0 amide bonds. The molecule has 86 valence electrons. The van der Waals surface area contributed by atoms with Gasteiger partial charge in [-0.15, -0.1) is 11.3 Å². The topological polar surface area (TPSA) is 36.7 Å². The molecule has 3 aromatic rings. The predicted octanol–water partition coefficient (Wildman–Crippen LogP) is 4.03. The van der Waals surface area contributed by atoms with E-state index in [1.807, 2.05) is 12.3 Å². The van der Waals surface area contributed by atoms with Gasteiger partial charge in [0.15, 0.2) is 0 Å². The number of aromatic nitrogens is 1. The molecule has 0 bridgehead atoms. The minimum Gasteiger partial charge on any atom is -0.264 e. The quantitative estimate of drug-likeness (QED) is 0.688. The molecule has 0 unspecified atom stereocenters. The molecule has 0 radical (unpaired) electrons. The van der Waals surface area contributed by atoms with E-state index in [1.54, 1.807) is 17.5 Å². The van der Waals surface area contributed by atoms with Gasteiger partial charge in [-0.3, -0.25) is 4.98 Å². The zero-order valence-corrected chi connectivity index (χ0v) is 10.4. The molecule has 0 aliphatic carbocycles. The van der Waals surface area contributed by atoms with Gasteiger partial charge in [-0.1, -0.05) is 12.1 Å². The van der Waals surface area contributed by atoms with E-state index >= 15 is 0 Å². The molecule has 0 fully saturated rings. The molecule has 2 nitrogen and oxygen atoms in total. The molecular weight excluding hydrogens is 240 g/mol. The highest BCUT2D eigenvalue weighted by molar-refractivity contribution is 7.17. The molecule has 2 aromatic heterocycles. The van der Waals surface area contributed by atoms with Crippen LogP contribution in [-0.4, -0.2) is 4.98 Å². The van der Waals surface area contributed by atoms with E-state index in [2.05, 4.69) is 40.7 Å². The summed E-state index contributed by atoms with van der Waals surface area (Å²) >= 11 is 1.74. The smallest absolute Gasteiger partial charge is 0.0670 e. The molecule has 2 heterocycles. The van der Waals surface area contributed by atoms with E-state index in [0.717, 1.165) is 16.7 Å². The third-order valence-corrected chi connectivity index (χ3v) is 3.75. The molecule has 0 saturated carbocycles. The van der Waals surface area contributed by atoms with Gasteiger partial charge in [-0.05, 0) is 40.1 Å². The van der Waals surface area contributed by atoms with Crippen molar-refractivity contribution >= 4 is 21.4 Å². The summed E-state index contributed by atoms with van der Waals surface area (Å²) in [5.41, 5.74) is 3.18. The zero-order valence-electron chi connectivity index (χ0n) is 9.63. The number of hydrogen-bond donors (Lipinski definition) is 0. The van der Waals surface area contributed by atoms with Crippen molar-refractivity contribution in [1.29, 1.82) is 5.26 Å². The fourth-order valence-corrected chi connectivity index (χ4v) is 2.80. The van der Waals surface area contributed by atoms with E-state index in [0.29, 0.717) is 6.42 Å². The normalized spacial score (nSPS) is 10.4. The molecule has 0 atom stereocenters. The first kappa shape index (κ1) is 10.9. The summed E-state index contributed by atoms with van der Waals surface area (Å²) in [4.78, 5) is 4.20. The SMILES string of the molecule is N#CCc1cncc(-c2ccc3ccsc3c2)c1. The zero-order chi connectivity index (χ0) is 12.4. The Kier molecular flexibility index (Phi) is 2.79. The molecule has 1 aromatic carbocycles. The number of hydrogen-bond acceptors (Lipinski definition) is 3. The lowest BCUT2D eigenvalue weighted by Crippen LogP contribution is -1.86. The van der Waals surface area contributed by atoms with Crippen LogP contribution < -0.4 is 0 Å². The van der Waals surface area contributed by atoms with Gasteiger partial charge in [-0.2, -0.15) is 5.26 Å². The van der Waals surface area contributed by atoms with Crippen LogP contribution in [0.3, 0.4) is 0 Å². The molecule has 3 heteroatoms. The first-order chi connectivity index (χ1) is 8.86. The average Bonchev–Trinajstić information content (AvgIpc) is 2.86. The number of rotatable bonds is 2. The summed E-state index contributed by atoms with van der Waals surface area (Å²) < 4.78 is 1.28. The van der Waals surface area contributed by atoms with Gasteiger partial charge < -0.3 is 0 Å². The summed E-state index contributed by atoms with van der Waals surface area (Å²) in [7, 11) is 0. The molecular formula is C15H10N2S. The van der Waals surface area contributed by atoms with E-state index in [9.17, 15) is 0 Å². The van der Waals surface area contributed by atoms with Crippen molar-refractivity contribution in [2.75, 3.05) is 0 Å². The number of nitrogens with zero attached hydrogens (tertiary/aromatic N) is 2. The van der Waals surface area contributed by atoms with Gasteiger partial charge >= 0.3 is 0 Å². The minimum atomic E-state index is 0.405. The second-order valence-electron chi connectivity index (χ2n) is 4.09. The third-order valence-electron chi connectivity index (χ3n) is 2.87. The van der Waals surface area contributed by atoms with E-state index < -0.39 is 0 Å². The lowest BCUT2D eigenvalue weighted by atomic mass is 10.0. The summed E-state index contributed by atoms with van der Waals surface area (Å²) in [5, 5.41) is 12.1. The fourth-order valence-electron chi connectivity index (χ4n) is 1.97. The van der Waals surface area contributed by atoms with Gasteiger partial charge in [0.25, 0.3) is 0 Å². The van der Waals surface area contributed by atoms with Crippen LogP contribution in [-0.2, 0) is 6.42 Å². The van der Waals surface area contributed by atoms with Crippen LogP contribution in [0, 0.1) is 11.3 Å². The van der Waals surface area contributed by atoms with Crippen LogP contribution in [0.25, 0.3) is 21.2 Å². The maximum absolute atomic E-state index is 8.72. The highest BCUT2D eigenvalue weighted by Crippen LogP contribution is 2.27. The highest BCUT2D eigenvalue weighted by atomic mass is 32.1. The average molecular weight is 250 g/mol. The molecule has 0 aliphatic rings. The molecule has 0 saturated heterocycles. The number of benzene rings is 1. The van der Waals surface area contributed by atoms with Crippen LogP contribution in [0.1, 0.15) is 5.56 Å².